The van der Waals surface area contributed by atoms with Gasteiger partial charge in [-0.1, -0.05) is 19.8 Å². The summed E-state index contributed by atoms with van der Waals surface area (Å²) in [6.07, 6.45) is 12.9. The second kappa shape index (κ2) is 8.16. The minimum absolute atomic E-state index is 0.969. The van der Waals surface area contributed by atoms with Crippen molar-refractivity contribution in [1.82, 2.24) is 10.2 Å². The van der Waals surface area contributed by atoms with Crippen LogP contribution >= 0.6 is 0 Å². The second-order valence-corrected chi connectivity index (χ2v) is 6.25. The smallest absolute Gasteiger partial charge is 0.0123 e. The van der Waals surface area contributed by atoms with Crippen molar-refractivity contribution >= 4 is 0 Å². The first-order valence-corrected chi connectivity index (χ1v) is 8.36. The Hall–Kier alpha value is -0.0800. The number of unbranched alkanes of at least 4 members (excludes halogenated alkanes) is 2. The van der Waals surface area contributed by atoms with Crippen molar-refractivity contribution in [2.75, 3.05) is 26.2 Å². The fourth-order valence-corrected chi connectivity index (χ4v) is 3.88. The summed E-state index contributed by atoms with van der Waals surface area (Å²) in [5.41, 5.74) is 0. The van der Waals surface area contributed by atoms with Gasteiger partial charge in [0.15, 0.2) is 0 Å². The number of rotatable bonds is 8. The summed E-state index contributed by atoms with van der Waals surface area (Å²) in [6.45, 7) is 7.40. The van der Waals surface area contributed by atoms with Gasteiger partial charge in [-0.25, -0.2) is 0 Å². The molecule has 0 aromatic heterocycles. The lowest BCUT2D eigenvalue weighted by molar-refractivity contribution is 0.111. The number of piperidine rings is 1. The van der Waals surface area contributed by atoms with Gasteiger partial charge in [-0.15, -0.1) is 0 Å². The molecule has 2 heteroatoms. The van der Waals surface area contributed by atoms with Gasteiger partial charge in [-0.2, -0.15) is 0 Å². The minimum atomic E-state index is 0.969. The van der Waals surface area contributed by atoms with E-state index in [0.29, 0.717) is 0 Å². The molecular weight excluding hydrogens is 220 g/mol. The molecule has 0 amide bonds. The number of fused-ring (bicyclic) bond motifs is 1. The lowest BCUT2D eigenvalue weighted by atomic mass is 9.92. The van der Waals surface area contributed by atoms with Gasteiger partial charge in [0, 0.05) is 6.04 Å². The molecule has 2 nitrogen and oxygen atoms in total. The molecule has 2 rings (SSSR count). The standard InChI is InChI=1S/C16H32N2/c1-2-11-17-12-4-3-5-13-18-14-7-9-15-8-6-10-16(15)18/h15-17H,2-14H2,1H3. The van der Waals surface area contributed by atoms with Crippen molar-refractivity contribution in [1.29, 1.82) is 0 Å². The van der Waals surface area contributed by atoms with Crippen LogP contribution in [-0.2, 0) is 0 Å². The van der Waals surface area contributed by atoms with Gasteiger partial charge in [0.05, 0.1) is 0 Å². The Bertz CT molecular complexity index is 217. The van der Waals surface area contributed by atoms with Crippen LogP contribution < -0.4 is 5.32 Å². The zero-order chi connectivity index (χ0) is 12.6. The molecule has 1 saturated heterocycles. The van der Waals surface area contributed by atoms with E-state index in [1.54, 1.807) is 0 Å². The van der Waals surface area contributed by atoms with Crippen LogP contribution in [0.15, 0.2) is 0 Å². The van der Waals surface area contributed by atoms with Gasteiger partial charge in [0.2, 0.25) is 0 Å². The van der Waals surface area contributed by atoms with Crippen LogP contribution in [0.25, 0.3) is 0 Å². The highest BCUT2D eigenvalue weighted by molar-refractivity contribution is 4.88. The highest BCUT2D eigenvalue weighted by Crippen LogP contribution is 2.36. The minimum Gasteiger partial charge on any atom is -0.317 e. The van der Waals surface area contributed by atoms with E-state index in [0.717, 1.165) is 12.0 Å². The first-order chi connectivity index (χ1) is 8.92. The Morgan fingerprint density at radius 2 is 1.89 bits per heavy atom. The fraction of sp³-hybridized carbons (Fsp3) is 1.00. The maximum Gasteiger partial charge on any atom is 0.0123 e. The Kier molecular flexibility index (Phi) is 6.50. The van der Waals surface area contributed by atoms with E-state index < -0.39 is 0 Å². The van der Waals surface area contributed by atoms with Crippen LogP contribution in [0.5, 0.6) is 0 Å². The fourth-order valence-electron chi connectivity index (χ4n) is 3.88. The molecule has 0 aromatic rings. The predicted molar refractivity (Wildman–Crippen MR) is 78.9 cm³/mol. The third kappa shape index (κ3) is 4.24. The molecule has 1 N–H and O–H groups in total. The summed E-state index contributed by atoms with van der Waals surface area (Å²) in [4.78, 5) is 2.82. The average molecular weight is 252 g/mol. The van der Waals surface area contributed by atoms with Gasteiger partial charge in [0.1, 0.15) is 0 Å². The van der Waals surface area contributed by atoms with E-state index in [9.17, 15) is 0 Å². The number of hydrogen-bond donors (Lipinski definition) is 1. The second-order valence-electron chi connectivity index (χ2n) is 6.25. The molecule has 1 aliphatic carbocycles. The van der Waals surface area contributed by atoms with Crippen LogP contribution in [-0.4, -0.2) is 37.1 Å². The van der Waals surface area contributed by atoms with Crippen molar-refractivity contribution in [3.63, 3.8) is 0 Å². The maximum absolute atomic E-state index is 3.50. The third-order valence-corrected chi connectivity index (χ3v) is 4.83. The SMILES string of the molecule is CCCNCCCCCN1CCCC2CCCC21. The summed E-state index contributed by atoms with van der Waals surface area (Å²) < 4.78 is 0. The zero-order valence-corrected chi connectivity index (χ0v) is 12.3. The van der Waals surface area contributed by atoms with Gasteiger partial charge in [-0.05, 0) is 77.0 Å². The summed E-state index contributed by atoms with van der Waals surface area (Å²) in [6, 6.07) is 0.969. The van der Waals surface area contributed by atoms with Crippen LogP contribution in [0.2, 0.25) is 0 Å². The Labute approximate surface area is 114 Å². The number of nitrogens with one attached hydrogen (secondary N) is 1. The largest absolute Gasteiger partial charge is 0.317 e. The van der Waals surface area contributed by atoms with E-state index in [4.69, 9.17) is 0 Å². The van der Waals surface area contributed by atoms with Crippen molar-refractivity contribution in [3.8, 4) is 0 Å². The van der Waals surface area contributed by atoms with E-state index in [1.807, 2.05) is 0 Å². The molecule has 0 radical (unpaired) electrons. The summed E-state index contributed by atoms with van der Waals surface area (Å²) in [5.74, 6) is 1.06. The molecule has 0 aromatic carbocycles. The van der Waals surface area contributed by atoms with E-state index in [-0.39, 0.29) is 0 Å². The molecular formula is C16H32N2. The lowest BCUT2D eigenvalue weighted by Crippen LogP contribution is -2.42. The Balaban J connectivity index is 1.53. The monoisotopic (exact) mass is 252 g/mol. The molecule has 0 spiro atoms. The van der Waals surface area contributed by atoms with E-state index in [2.05, 4.69) is 17.1 Å². The molecule has 18 heavy (non-hydrogen) atoms. The summed E-state index contributed by atoms with van der Waals surface area (Å²) in [5, 5.41) is 3.50. The molecule has 2 aliphatic rings. The predicted octanol–water partition coefficient (Wildman–Crippen LogP) is 3.42. The Morgan fingerprint density at radius 3 is 2.78 bits per heavy atom. The molecule has 1 aliphatic heterocycles. The Morgan fingerprint density at radius 1 is 1.00 bits per heavy atom. The number of hydrogen-bond acceptors (Lipinski definition) is 2. The first kappa shape index (κ1) is 14.3. The van der Waals surface area contributed by atoms with Crippen molar-refractivity contribution in [2.24, 2.45) is 5.92 Å². The summed E-state index contributed by atoms with van der Waals surface area (Å²) >= 11 is 0. The molecule has 2 atom stereocenters. The third-order valence-electron chi connectivity index (χ3n) is 4.83. The first-order valence-electron chi connectivity index (χ1n) is 8.36. The number of likely N-dealkylation sites (tertiary alicyclic amines) is 1. The van der Waals surface area contributed by atoms with Crippen LogP contribution in [0.1, 0.15) is 64.7 Å². The van der Waals surface area contributed by atoms with Gasteiger partial charge in [0.25, 0.3) is 0 Å². The molecule has 0 bridgehead atoms. The highest BCUT2D eigenvalue weighted by atomic mass is 15.2. The lowest BCUT2D eigenvalue weighted by Gasteiger charge is -2.37. The molecule has 1 heterocycles. The van der Waals surface area contributed by atoms with Gasteiger partial charge >= 0.3 is 0 Å². The van der Waals surface area contributed by atoms with Crippen LogP contribution in [0.3, 0.4) is 0 Å². The normalized spacial score (nSPS) is 28.5. The van der Waals surface area contributed by atoms with Gasteiger partial charge in [-0.3, -0.25) is 0 Å². The molecule has 2 fully saturated rings. The molecule has 1 saturated carbocycles. The van der Waals surface area contributed by atoms with Gasteiger partial charge < -0.3 is 10.2 Å². The van der Waals surface area contributed by atoms with Crippen LogP contribution in [0.4, 0.5) is 0 Å². The average Bonchev–Trinajstić information content (AvgIpc) is 2.86. The maximum atomic E-state index is 3.50. The van der Waals surface area contributed by atoms with E-state index in [1.165, 1.54) is 84.0 Å². The topological polar surface area (TPSA) is 15.3 Å². The van der Waals surface area contributed by atoms with Crippen molar-refractivity contribution in [2.45, 2.75) is 70.8 Å². The van der Waals surface area contributed by atoms with Crippen molar-refractivity contribution < 1.29 is 0 Å². The van der Waals surface area contributed by atoms with E-state index >= 15 is 0 Å². The molecule has 2 unspecified atom stereocenters. The van der Waals surface area contributed by atoms with Crippen LogP contribution in [0, 0.1) is 5.92 Å². The highest BCUT2D eigenvalue weighted by Gasteiger charge is 2.34. The quantitative estimate of drug-likeness (QED) is 0.666. The number of nitrogens with zero attached hydrogens (tertiary/aromatic N) is 1. The zero-order valence-electron chi connectivity index (χ0n) is 12.3. The van der Waals surface area contributed by atoms with Crippen molar-refractivity contribution in [3.05, 3.63) is 0 Å². The summed E-state index contributed by atoms with van der Waals surface area (Å²) in [7, 11) is 0. The molecule has 106 valence electrons.